The van der Waals surface area contributed by atoms with E-state index in [0.29, 0.717) is 13.0 Å². The van der Waals surface area contributed by atoms with Gasteiger partial charge in [0.15, 0.2) is 5.75 Å². The van der Waals surface area contributed by atoms with E-state index in [1.54, 1.807) is 0 Å². The highest BCUT2D eigenvalue weighted by Crippen LogP contribution is 2.18. The second kappa shape index (κ2) is 5.40. The first-order chi connectivity index (χ1) is 10.6. The molecule has 0 saturated heterocycles. The fraction of sp³-hybridized carbons (Fsp3) is 0.125. The number of hydrogen-bond acceptors (Lipinski definition) is 3. The van der Waals surface area contributed by atoms with Crippen molar-refractivity contribution in [3.05, 3.63) is 64.2 Å². The van der Waals surface area contributed by atoms with Crippen LogP contribution in [-0.2, 0) is 13.0 Å². The Balaban J connectivity index is 1.88. The summed E-state index contributed by atoms with van der Waals surface area (Å²) in [5.74, 6) is -1.90. The largest absolute Gasteiger partial charge is 0.503 e. The lowest BCUT2D eigenvalue weighted by atomic mass is 10.1. The van der Waals surface area contributed by atoms with E-state index in [0.717, 1.165) is 16.5 Å². The van der Waals surface area contributed by atoms with Crippen molar-refractivity contribution < 1.29 is 15.0 Å². The van der Waals surface area contributed by atoms with Crippen molar-refractivity contribution in [2.75, 3.05) is 0 Å². The lowest BCUT2D eigenvalue weighted by molar-refractivity contribution is 0.0694. The van der Waals surface area contributed by atoms with Crippen molar-refractivity contribution in [1.29, 1.82) is 0 Å². The van der Waals surface area contributed by atoms with Gasteiger partial charge in [0.25, 0.3) is 0 Å². The Hall–Kier alpha value is -3.02. The molecule has 3 rings (SSSR count). The first kappa shape index (κ1) is 13.9. The Labute approximate surface area is 125 Å². The highest BCUT2D eigenvalue weighted by atomic mass is 16.4. The molecule has 0 aliphatic heterocycles. The summed E-state index contributed by atoms with van der Waals surface area (Å²) in [7, 11) is 0. The van der Waals surface area contributed by atoms with Crippen LogP contribution in [0.5, 0.6) is 5.75 Å². The van der Waals surface area contributed by atoms with Crippen molar-refractivity contribution >= 4 is 16.9 Å². The van der Waals surface area contributed by atoms with Crippen molar-refractivity contribution in [3.8, 4) is 5.75 Å². The quantitative estimate of drug-likeness (QED) is 0.686. The monoisotopic (exact) mass is 298 g/mol. The van der Waals surface area contributed by atoms with E-state index >= 15 is 0 Å². The number of pyridine rings is 1. The average Bonchev–Trinajstić information content (AvgIpc) is 2.91. The van der Waals surface area contributed by atoms with Gasteiger partial charge in [-0.25, -0.2) is 4.79 Å². The fourth-order valence-electron chi connectivity index (χ4n) is 2.48. The predicted octanol–water partition coefficient (Wildman–Crippen LogP) is 1.98. The maximum atomic E-state index is 11.5. The van der Waals surface area contributed by atoms with Crippen LogP contribution in [0.25, 0.3) is 10.9 Å². The van der Waals surface area contributed by atoms with Gasteiger partial charge < -0.3 is 19.8 Å². The number of carboxylic acid groups (broad SMARTS) is 1. The molecule has 1 aromatic carbocycles. The van der Waals surface area contributed by atoms with Crippen LogP contribution in [0.4, 0.5) is 0 Å². The molecule has 0 saturated carbocycles. The van der Waals surface area contributed by atoms with Crippen LogP contribution >= 0.6 is 0 Å². The molecule has 0 unspecified atom stereocenters. The van der Waals surface area contributed by atoms with E-state index < -0.39 is 22.7 Å². The van der Waals surface area contributed by atoms with Gasteiger partial charge in [0.2, 0.25) is 5.43 Å². The van der Waals surface area contributed by atoms with Gasteiger partial charge in [-0.2, -0.15) is 0 Å². The molecular formula is C16H14N2O4. The molecule has 112 valence electrons. The second-order valence-corrected chi connectivity index (χ2v) is 5.04. The van der Waals surface area contributed by atoms with Gasteiger partial charge in [-0.05, 0) is 18.1 Å². The third kappa shape index (κ3) is 2.46. The van der Waals surface area contributed by atoms with Gasteiger partial charge in [0.1, 0.15) is 5.56 Å². The number of aromatic hydroxyl groups is 1. The molecule has 0 aliphatic carbocycles. The summed E-state index contributed by atoms with van der Waals surface area (Å²) in [6.45, 7) is 0.454. The summed E-state index contributed by atoms with van der Waals surface area (Å²) < 4.78 is 1.52. The highest BCUT2D eigenvalue weighted by Gasteiger charge is 2.13. The number of fused-ring (bicyclic) bond motifs is 1. The van der Waals surface area contributed by atoms with E-state index in [9.17, 15) is 14.7 Å². The van der Waals surface area contributed by atoms with Crippen molar-refractivity contribution in [3.63, 3.8) is 0 Å². The number of aromatic amines is 1. The van der Waals surface area contributed by atoms with Crippen molar-refractivity contribution in [2.45, 2.75) is 13.0 Å². The number of hydrogen-bond donors (Lipinski definition) is 3. The smallest absolute Gasteiger partial charge is 0.341 e. The summed E-state index contributed by atoms with van der Waals surface area (Å²) in [6, 6.07) is 7.88. The number of carboxylic acids is 1. The Bertz CT molecular complexity index is 908. The Kier molecular flexibility index (Phi) is 3.42. The number of nitrogens with zero attached hydrogens (tertiary/aromatic N) is 1. The third-order valence-corrected chi connectivity index (χ3v) is 3.60. The molecule has 0 amide bonds. The number of aryl methyl sites for hydroxylation is 2. The number of H-pyrrole nitrogens is 1. The maximum Gasteiger partial charge on any atom is 0.341 e. The molecule has 6 nitrogen and oxygen atoms in total. The van der Waals surface area contributed by atoms with Gasteiger partial charge in [-0.1, -0.05) is 18.2 Å². The van der Waals surface area contributed by atoms with Gasteiger partial charge in [0.05, 0.1) is 0 Å². The van der Waals surface area contributed by atoms with Gasteiger partial charge in [0, 0.05) is 36.0 Å². The zero-order valence-electron chi connectivity index (χ0n) is 11.6. The predicted molar refractivity (Wildman–Crippen MR) is 81.3 cm³/mol. The van der Waals surface area contributed by atoms with E-state index in [2.05, 4.69) is 4.98 Å². The number of carbonyl (C=O) groups is 1. The second-order valence-electron chi connectivity index (χ2n) is 5.04. The van der Waals surface area contributed by atoms with Crippen LogP contribution in [0, 0.1) is 0 Å². The van der Waals surface area contributed by atoms with Crippen LogP contribution in [0.3, 0.4) is 0 Å². The zero-order chi connectivity index (χ0) is 15.7. The summed E-state index contributed by atoms with van der Waals surface area (Å²) in [5.41, 5.74) is 0.826. The SMILES string of the molecule is O=C(O)c1cn(CCc2c[nH]c3ccccc23)cc(O)c1=O. The van der Waals surface area contributed by atoms with E-state index in [-0.39, 0.29) is 0 Å². The summed E-state index contributed by atoms with van der Waals surface area (Å²) in [4.78, 5) is 25.7. The van der Waals surface area contributed by atoms with E-state index in [4.69, 9.17) is 5.11 Å². The summed E-state index contributed by atoms with van der Waals surface area (Å²) in [5, 5.41) is 19.6. The van der Waals surface area contributed by atoms with Crippen LogP contribution < -0.4 is 5.43 Å². The molecule has 6 heteroatoms. The van der Waals surface area contributed by atoms with E-state index in [1.165, 1.54) is 17.0 Å². The standard InChI is InChI=1S/C16H14N2O4/c19-14-9-18(8-12(15(14)20)16(21)22)6-5-10-7-17-13-4-2-1-3-11(10)13/h1-4,7-9,17,19H,5-6H2,(H,21,22). The van der Waals surface area contributed by atoms with Crippen molar-refractivity contribution in [2.24, 2.45) is 0 Å². The van der Waals surface area contributed by atoms with Gasteiger partial charge >= 0.3 is 5.97 Å². The first-order valence-corrected chi connectivity index (χ1v) is 6.77. The van der Waals surface area contributed by atoms with Crippen molar-refractivity contribution in [1.82, 2.24) is 9.55 Å². The average molecular weight is 298 g/mol. The summed E-state index contributed by atoms with van der Waals surface area (Å²) >= 11 is 0. The van der Waals surface area contributed by atoms with Crippen LogP contribution in [-0.4, -0.2) is 25.7 Å². The molecule has 2 aromatic heterocycles. The molecule has 0 bridgehead atoms. The zero-order valence-corrected chi connectivity index (χ0v) is 11.6. The minimum atomic E-state index is -1.35. The number of nitrogens with one attached hydrogen (secondary N) is 1. The normalized spacial score (nSPS) is 10.9. The molecule has 3 N–H and O–H groups in total. The number of para-hydroxylation sites is 1. The van der Waals surface area contributed by atoms with Crippen LogP contribution in [0.2, 0.25) is 0 Å². The molecule has 2 heterocycles. The number of rotatable bonds is 4. The Morgan fingerprint density at radius 3 is 2.77 bits per heavy atom. The molecule has 0 radical (unpaired) electrons. The summed E-state index contributed by atoms with van der Waals surface area (Å²) in [6.07, 6.45) is 5.05. The van der Waals surface area contributed by atoms with Gasteiger partial charge in [-0.3, -0.25) is 4.79 Å². The number of benzene rings is 1. The minimum absolute atomic E-state index is 0.432. The first-order valence-electron chi connectivity index (χ1n) is 6.77. The minimum Gasteiger partial charge on any atom is -0.503 e. The molecule has 22 heavy (non-hydrogen) atoms. The Morgan fingerprint density at radius 2 is 2.00 bits per heavy atom. The lowest BCUT2D eigenvalue weighted by Crippen LogP contribution is -2.17. The number of aromatic carboxylic acids is 1. The van der Waals surface area contributed by atoms with Crippen LogP contribution in [0.15, 0.2) is 47.7 Å². The van der Waals surface area contributed by atoms with Gasteiger partial charge in [-0.15, -0.1) is 0 Å². The molecule has 0 aliphatic rings. The Morgan fingerprint density at radius 1 is 1.23 bits per heavy atom. The fourth-order valence-corrected chi connectivity index (χ4v) is 2.48. The van der Waals surface area contributed by atoms with Crippen LogP contribution in [0.1, 0.15) is 15.9 Å². The molecule has 0 spiro atoms. The van der Waals surface area contributed by atoms with E-state index in [1.807, 2.05) is 30.5 Å². The third-order valence-electron chi connectivity index (χ3n) is 3.60. The molecular weight excluding hydrogens is 284 g/mol. The highest BCUT2D eigenvalue weighted by molar-refractivity contribution is 5.87. The molecule has 0 fully saturated rings. The number of aromatic nitrogens is 2. The lowest BCUT2D eigenvalue weighted by Gasteiger charge is -2.08. The topological polar surface area (TPSA) is 95.3 Å². The maximum absolute atomic E-state index is 11.5. The molecule has 0 atom stereocenters. The molecule has 3 aromatic rings.